The van der Waals surface area contributed by atoms with Crippen LogP contribution < -0.4 is 15.6 Å². The van der Waals surface area contributed by atoms with Crippen LogP contribution in [0.3, 0.4) is 0 Å². The fraction of sp³-hybridized carbons (Fsp3) is 0.100. The van der Waals surface area contributed by atoms with Gasteiger partial charge in [0.1, 0.15) is 5.76 Å². The number of anilines is 1. The minimum atomic E-state index is -4.64. The molecule has 0 atom stereocenters. The van der Waals surface area contributed by atoms with E-state index in [0.29, 0.717) is 11.8 Å². The molecule has 3 rings (SSSR count). The molecule has 0 bridgehead atoms. The van der Waals surface area contributed by atoms with Gasteiger partial charge < -0.3 is 4.42 Å². The summed E-state index contributed by atoms with van der Waals surface area (Å²) in [5, 5.41) is 0. The standard InChI is InChI=1S/C20H16F3N3O5S/c1-12-17(8-9-31-12)19(28)25-24-18(27)13-4-2-7-16(10-13)32(29,30)26-15-6-3-5-14(11-15)20(21,22)23/h2-11,26H,1H3,(H,24,27)(H,25,28). The maximum atomic E-state index is 12.9. The molecule has 1 heterocycles. The highest BCUT2D eigenvalue weighted by Crippen LogP contribution is 2.31. The van der Waals surface area contributed by atoms with Crippen LogP contribution in [0.15, 0.2) is 70.2 Å². The smallest absolute Gasteiger partial charge is 0.416 e. The first-order valence-corrected chi connectivity index (χ1v) is 10.4. The van der Waals surface area contributed by atoms with Crippen LogP contribution in [0, 0.1) is 6.92 Å². The summed E-state index contributed by atoms with van der Waals surface area (Å²) in [7, 11) is -4.30. The van der Waals surface area contributed by atoms with Crippen molar-refractivity contribution in [3.8, 4) is 0 Å². The van der Waals surface area contributed by atoms with Crippen molar-refractivity contribution in [3.63, 3.8) is 0 Å². The summed E-state index contributed by atoms with van der Waals surface area (Å²) in [6.45, 7) is 1.56. The molecule has 0 aliphatic carbocycles. The van der Waals surface area contributed by atoms with Gasteiger partial charge in [0.2, 0.25) is 0 Å². The number of carbonyl (C=O) groups is 2. The average Bonchev–Trinajstić information content (AvgIpc) is 3.17. The van der Waals surface area contributed by atoms with Crippen LogP contribution in [0.25, 0.3) is 0 Å². The van der Waals surface area contributed by atoms with Gasteiger partial charge >= 0.3 is 6.18 Å². The molecule has 0 radical (unpaired) electrons. The molecule has 2 amide bonds. The van der Waals surface area contributed by atoms with Crippen molar-refractivity contribution in [2.75, 3.05) is 4.72 Å². The van der Waals surface area contributed by atoms with Crippen molar-refractivity contribution >= 4 is 27.5 Å². The molecule has 0 saturated heterocycles. The molecule has 32 heavy (non-hydrogen) atoms. The van der Waals surface area contributed by atoms with E-state index >= 15 is 0 Å². The number of hydrazine groups is 1. The maximum absolute atomic E-state index is 12.9. The Morgan fingerprint density at radius 1 is 0.938 bits per heavy atom. The van der Waals surface area contributed by atoms with Crippen LogP contribution in [0.5, 0.6) is 0 Å². The van der Waals surface area contributed by atoms with E-state index in [9.17, 15) is 31.2 Å². The van der Waals surface area contributed by atoms with Gasteiger partial charge in [0, 0.05) is 11.3 Å². The number of nitrogens with one attached hydrogen (secondary N) is 3. The van der Waals surface area contributed by atoms with E-state index in [2.05, 4.69) is 10.9 Å². The van der Waals surface area contributed by atoms with Crippen LogP contribution in [0.1, 0.15) is 32.0 Å². The topological polar surface area (TPSA) is 118 Å². The molecular formula is C20H16F3N3O5S. The predicted octanol–water partition coefficient (Wildman–Crippen LogP) is 3.48. The number of alkyl halides is 3. The van der Waals surface area contributed by atoms with Crippen LogP contribution in [-0.2, 0) is 16.2 Å². The van der Waals surface area contributed by atoms with Crippen molar-refractivity contribution in [1.82, 2.24) is 10.9 Å². The second-order valence-electron chi connectivity index (χ2n) is 6.51. The average molecular weight is 467 g/mol. The van der Waals surface area contributed by atoms with E-state index in [4.69, 9.17) is 4.42 Å². The summed E-state index contributed by atoms with van der Waals surface area (Å²) in [5.74, 6) is -1.11. The van der Waals surface area contributed by atoms with E-state index in [1.54, 1.807) is 6.92 Å². The molecule has 0 aliphatic rings. The zero-order valence-corrected chi connectivity index (χ0v) is 17.2. The molecule has 168 valence electrons. The van der Waals surface area contributed by atoms with Crippen LogP contribution in [0.2, 0.25) is 0 Å². The third-order valence-corrected chi connectivity index (χ3v) is 5.62. The Morgan fingerprint density at radius 2 is 1.62 bits per heavy atom. The van der Waals surface area contributed by atoms with Crippen LogP contribution in [-0.4, -0.2) is 20.2 Å². The van der Waals surface area contributed by atoms with Gasteiger partial charge in [-0.2, -0.15) is 13.2 Å². The summed E-state index contributed by atoms with van der Waals surface area (Å²) in [5.41, 5.74) is 3.10. The summed E-state index contributed by atoms with van der Waals surface area (Å²) in [6, 6.07) is 9.85. The van der Waals surface area contributed by atoms with Crippen molar-refractivity contribution < 1.29 is 35.6 Å². The van der Waals surface area contributed by atoms with Gasteiger partial charge in [0.25, 0.3) is 21.8 Å². The van der Waals surface area contributed by atoms with Crippen molar-refractivity contribution in [2.24, 2.45) is 0 Å². The van der Waals surface area contributed by atoms with Crippen molar-refractivity contribution in [2.45, 2.75) is 18.0 Å². The van der Waals surface area contributed by atoms with E-state index in [0.717, 1.165) is 24.3 Å². The lowest BCUT2D eigenvalue weighted by molar-refractivity contribution is -0.137. The van der Waals surface area contributed by atoms with Gasteiger partial charge in [0.05, 0.1) is 22.3 Å². The lowest BCUT2D eigenvalue weighted by atomic mass is 10.2. The number of benzene rings is 2. The quantitative estimate of drug-likeness (QED) is 0.497. The molecule has 0 spiro atoms. The normalized spacial score (nSPS) is 11.6. The van der Waals surface area contributed by atoms with Gasteiger partial charge in [-0.25, -0.2) is 8.42 Å². The van der Waals surface area contributed by atoms with Crippen molar-refractivity contribution in [3.05, 3.63) is 83.3 Å². The molecule has 12 heteroatoms. The molecule has 8 nitrogen and oxygen atoms in total. The minimum absolute atomic E-state index is 0.110. The maximum Gasteiger partial charge on any atom is 0.416 e. The van der Waals surface area contributed by atoms with Crippen LogP contribution >= 0.6 is 0 Å². The second-order valence-corrected chi connectivity index (χ2v) is 8.19. The van der Waals surface area contributed by atoms with Gasteiger partial charge in [-0.1, -0.05) is 12.1 Å². The number of rotatable bonds is 5. The fourth-order valence-electron chi connectivity index (χ4n) is 2.65. The highest BCUT2D eigenvalue weighted by atomic mass is 32.2. The van der Waals surface area contributed by atoms with Crippen molar-refractivity contribution in [1.29, 1.82) is 0 Å². The Bertz CT molecular complexity index is 1270. The number of furan rings is 1. The first-order chi connectivity index (χ1) is 15.0. The third-order valence-electron chi connectivity index (χ3n) is 4.24. The first kappa shape index (κ1) is 22.9. The van der Waals surface area contributed by atoms with E-state index < -0.39 is 33.6 Å². The highest BCUT2D eigenvalue weighted by Gasteiger charge is 2.30. The Balaban J connectivity index is 1.74. The zero-order valence-electron chi connectivity index (χ0n) is 16.4. The summed E-state index contributed by atoms with van der Waals surface area (Å²) >= 11 is 0. The van der Waals surface area contributed by atoms with E-state index in [1.165, 1.54) is 30.5 Å². The largest absolute Gasteiger partial charge is 0.469 e. The predicted molar refractivity (Wildman–Crippen MR) is 107 cm³/mol. The number of hydrogen-bond donors (Lipinski definition) is 3. The highest BCUT2D eigenvalue weighted by molar-refractivity contribution is 7.92. The molecule has 2 aromatic carbocycles. The lowest BCUT2D eigenvalue weighted by Crippen LogP contribution is -2.41. The van der Waals surface area contributed by atoms with Gasteiger partial charge in [-0.15, -0.1) is 0 Å². The summed E-state index contributed by atoms with van der Waals surface area (Å²) < 4.78 is 70.8. The van der Waals surface area contributed by atoms with Gasteiger partial charge in [0.15, 0.2) is 0 Å². The number of hydrogen-bond acceptors (Lipinski definition) is 5. The van der Waals surface area contributed by atoms with Gasteiger partial charge in [-0.05, 0) is 49.4 Å². The summed E-state index contributed by atoms with van der Waals surface area (Å²) in [6.07, 6.45) is -3.34. The van der Waals surface area contributed by atoms with E-state index in [1.807, 2.05) is 4.72 Å². The molecule has 0 saturated carbocycles. The Kier molecular flexibility index (Phi) is 6.25. The van der Waals surface area contributed by atoms with Crippen LogP contribution in [0.4, 0.5) is 18.9 Å². The third kappa shape index (κ3) is 5.27. The Labute approximate surface area is 180 Å². The molecule has 3 aromatic rings. The second kappa shape index (κ2) is 8.75. The number of halogens is 3. The molecule has 0 fully saturated rings. The first-order valence-electron chi connectivity index (χ1n) is 8.92. The number of carbonyl (C=O) groups excluding carboxylic acids is 2. The SMILES string of the molecule is Cc1occc1C(=O)NNC(=O)c1cccc(S(=O)(=O)Nc2cccc(C(F)(F)F)c2)c1. The lowest BCUT2D eigenvalue weighted by Gasteiger charge is -2.12. The molecule has 3 N–H and O–H groups in total. The zero-order chi connectivity index (χ0) is 23.5. The molecule has 1 aromatic heterocycles. The number of aryl methyl sites for hydroxylation is 1. The van der Waals surface area contributed by atoms with E-state index in [-0.39, 0.29) is 21.7 Å². The monoisotopic (exact) mass is 467 g/mol. The Hall–Kier alpha value is -3.80. The number of amides is 2. The fourth-order valence-corrected chi connectivity index (χ4v) is 3.75. The van der Waals surface area contributed by atoms with Gasteiger partial charge in [-0.3, -0.25) is 25.2 Å². The minimum Gasteiger partial charge on any atom is -0.469 e. The molecule has 0 unspecified atom stereocenters. The Morgan fingerprint density at radius 3 is 2.28 bits per heavy atom. The number of sulfonamides is 1. The molecule has 0 aliphatic heterocycles. The molecular weight excluding hydrogens is 451 g/mol. The summed E-state index contributed by atoms with van der Waals surface area (Å²) in [4.78, 5) is 24.0.